The predicted molar refractivity (Wildman–Crippen MR) is 47.1 cm³/mol. The van der Waals surface area contributed by atoms with Crippen molar-refractivity contribution in [3.63, 3.8) is 0 Å². The van der Waals surface area contributed by atoms with Crippen LogP contribution < -0.4 is 10.9 Å². The van der Waals surface area contributed by atoms with Crippen molar-refractivity contribution >= 4 is 27.4 Å². The van der Waals surface area contributed by atoms with E-state index in [-0.39, 0.29) is 4.99 Å². The van der Waals surface area contributed by atoms with Gasteiger partial charge in [-0.15, -0.1) is 0 Å². The number of hydrogen-bond donors (Lipinski definition) is 2. The van der Waals surface area contributed by atoms with Crippen molar-refractivity contribution in [2.24, 2.45) is 10.9 Å². The number of hydrogen-bond acceptors (Lipinski definition) is 3. The van der Waals surface area contributed by atoms with Crippen LogP contribution in [0.15, 0.2) is 0 Å². The van der Waals surface area contributed by atoms with Gasteiger partial charge in [-0.3, -0.25) is 0 Å². The number of likely N-dealkylation sites (N-methyl/N-ethyl adjacent to an activating group) is 1. The van der Waals surface area contributed by atoms with Crippen LogP contribution in [0.2, 0.25) is 0 Å². The summed E-state index contributed by atoms with van der Waals surface area (Å²) in [7, 11) is -2.36. The molecule has 0 spiro atoms. The quantitative estimate of drug-likeness (QED) is 0.556. The van der Waals surface area contributed by atoms with Gasteiger partial charge in [0, 0.05) is 7.05 Å². The Morgan fingerprint density at radius 1 is 1.64 bits per heavy atom. The van der Waals surface area contributed by atoms with Crippen molar-refractivity contribution < 1.29 is 8.42 Å². The molecule has 0 aliphatic rings. The van der Waals surface area contributed by atoms with Crippen LogP contribution in [-0.2, 0) is 10.2 Å². The van der Waals surface area contributed by atoms with E-state index in [1.54, 1.807) is 6.92 Å². The molecule has 0 aromatic heterocycles. The van der Waals surface area contributed by atoms with Crippen molar-refractivity contribution in [1.82, 2.24) is 4.31 Å². The van der Waals surface area contributed by atoms with Crippen LogP contribution in [0.3, 0.4) is 0 Å². The fourth-order valence-corrected chi connectivity index (χ4v) is 1.18. The lowest BCUT2D eigenvalue weighted by Gasteiger charge is -2.20. The fraction of sp³-hybridized carbons (Fsp3) is 0.750. The van der Waals surface area contributed by atoms with Crippen LogP contribution in [0.5, 0.6) is 0 Å². The van der Waals surface area contributed by atoms with E-state index in [0.29, 0.717) is 0 Å². The minimum atomic E-state index is -3.68. The summed E-state index contributed by atoms with van der Waals surface area (Å²) >= 11 is 4.58. The zero-order chi connectivity index (χ0) is 9.23. The van der Waals surface area contributed by atoms with Crippen molar-refractivity contribution in [1.29, 1.82) is 0 Å². The second kappa shape index (κ2) is 3.44. The second-order valence-corrected chi connectivity index (χ2v) is 4.22. The molecule has 0 radical (unpaired) electrons. The Balaban J connectivity index is 4.51. The second-order valence-electron chi connectivity index (χ2n) is 2.14. The van der Waals surface area contributed by atoms with Crippen LogP contribution in [-0.4, -0.2) is 30.8 Å². The zero-order valence-corrected chi connectivity index (χ0v) is 7.95. The average Bonchev–Trinajstić information content (AvgIpc) is 1.82. The summed E-state index contributed by atoms with van der Waals surface area (Å²) in [5.74, 6) is 0. The SMILES string of the molecule is CC(C(N)=S)N(C)S(N)(=O)=O. The van der Waals surface area contributed by atoms with Crippen molar-refractivity contribution in [2.45, 2.75) is 13.0 Å². The largest absolute Gasteiger partial charge is 0.392 e. The van der Waals surface area contributed by atoms with Gasteiger partial charge in [-0.05, 0) is 6.92 Å². The van der Waals surface area contributed by atoms with Gasteiger partial charge < -0.3 is 5.73 Å². The molecule has 5 nitrogen and oxygen atoms in total. The van der Waals surface area contributed by atoms with Gasteiger partial charge in [-0.25, -0.2) is 5.14 Å². The smallest absolute Gasteiger partial charge is 0.277 e. The first-order chi connectivity index (χ1) is 4.76. The molecule has 0 fully saturated rings. The van der Waals surface area contributed by atoms with Crippen LogP contribution in [0.4, 0.5) is 0 Å². The number of nitrogens with two attached hydrogens (primary N) is 2. The Morgan fingerprint density at radius 2 is 2.00 bits per heavy atom. The van der Waals surface area contributed by atoms with E-state index in [4.69, 9.17) is 10.9 Å². The minimum Gasteiger partial charge on any atom is -0.392 e. The lowest BCUT2D eigenvalue weighted by molar-refractivity contribution is 0.453. The summed E-state index contributed by atoms with van der Waals surface area (Å²) in [5.41, 5.74) is 5.20. The number of nitrogens with zero attached hydrogens (tertiary/aromatic N) is 1. The molecule has 4 N–H and O–H groups in total. The van der Waals surface area contributed by atoms with Crippen molar-refractivity contribution in [2.75, 3.05) is 7.05 Å². The lowest BCUT2D eigenvalue weighted by atomic mass is 10.3. The first-order valence-corrected chi connectivity index (χ1v) is 4.73. The van der Waals surface area contributed by atoms with Gasteiger partial charge in [0.2, 0.25) is 0 Å². The van der Waals surface area contributed by atoms with Gasteiger partial charge in [0.05, 0.1) is 11.0 Å². The summed E-state index contributed by atoms with van der Waals surface area (Å²) in [6.07, 6.45) is 0. The maximum absolute atomic E-state index is 10.7. The molecular weight excluding hydrogens is 186 g/mol. The molecular formula is C4H11N3O2S2. The van der Waals surface area contributed by atoms with E-state index in [1.165, 1.54) is 7.05 Å². The molecule has 0 saturated carbocycles. The number of thiocarbonyl (C=S) groups is 1. The fourth-order valence-electron chi connectivity index (χ4n) is 0.400. The molecule has 0 heterocycles. The molecule has 0 amide bonds. The highest BCUT2D eigenvalue weighted by Gasteiger charge is 2.20. The monoisotopic (exact) mass is 197 g/mol. The van der Waals surface area contributed by atoms with Crippen molar-refractivity contribution in [3.8, 4) is 0 Å². The van der Waals surface area contributed by atoms with E-state index < -0.39 is 16.3 Å². The third-order valence-corrected chi connectivity index (χ3v) is 2.82. The molecule has 1 unspecified atom stereocenters. The highest BCUT2D eigenvalue weighted by atomic mass is 32.2. The maximum Gasteiger partial charge on any atom is 0.277 e. The Bertz CT molecular complexity index is 248. The Kier molecular flexibility index (Phi) is 3.36. The third kappa shape index (κ3) is 3.10. The topological polar surface area (TPSA) is 89.4 Å². The van der Waals surface area contributed by atoms with E-state index in [1.807, 2.05) is 0 Å². The van der Waals surface area contributed by atoms with Crippen LogP contribution in [0, 0.1) is 0 Å². The minimum absolute atomic E-state index is 0.0986. The molecule has 0 aromatic rings. The summed E-state index contributed by atoms with van der Waals surface area (Å²) in [4.78, 5) is 0.0986. The molecule has 0 bridgehead atoms. The van der Waals surface area contributed by atoms with Gasteiger partial charge in [0.15, 0.2) is 0 Å². The molecule has 0 saturated heterocycles. The highest BCUT2D eigenvalue weighted by molar-refractivity contribution is 7.87. The van der Waals surface area contributed by atoms with Gasteiger partial charge in [-0.2, -0.15) is 12.7 Å². The summed E-state index contributed by atoms with van der Waals surface area (Å²) < 4.78 is 22.2. The molecule has 0 rings (SSSR count). The molecule has 7 heteroatoms. The van der Waals surface area contributed by atoms with Gasteiger partial charge in [-0.1, -0.05) is 12.2 Å². The van der Waals surface area contributed by atoms with E-state index in [0.717, 1.165) is 4.31 Å². The molecule has 0 aliphatic carbocycles. The Hall–Kier alpha value is -0.240. The van der Waals surface area contributed by atoms with Gasteiger partial charge in [0.25, 0.3) is 10.2 Å². The summed E-state index contributed by atoms with van der Waals surface area (Å²) in [5, 5.41) is 4.80. The highest BCUT2D eigenvalue weighted by Crippen LogP contribution is 1.98. The first-order valence-electron chi connectivity index (χ1n) is 2.82. The van der Waals surface area contributed by atoms with E-state index in [9.17, 15) is 8.42 Å². The Labute approximate surface area is 71.5 Å². The average molecular weight is 197 g/mol. The van der Waals surface area contributed by atoms with Gasteiger partial charge >= 0.3 is 0 Å². The molecule has 11 heavy (non-hydrogen) atoms. The summed E-state index contributed by atoms with van der Waals surface area (Å²) in [6, 6.07) is -0.542. The lowest BCUT2D eigenvalue weighted by Crippen LogP contribution is -2.45. The third-order valence-electron chi connectivity index (χ3n) is 1.36. The molecule has 1 atom stereocenters. The predicted octanol–water partition coefficient (Wildman–Crippen LogP) is -1.20. The van der Waals surface area contributed by atoms with Crippen LogP contribution in [0.1, 0.15) is 6.92 Å². The van der Waals surface area contributed by atoms with Gasteiger partial charge in [0.1, 0.15) is 0 Å². The zero-order valence-electron chi connectivity index (χ0n) is 6.31. The molecule has 0 aromatic carbocycles. The summed E-state index contributed by atoms with van der Waals surface area (Å²) in [6.45, 7) is 1.56. The van der Waals surface area contributed by atoms with E-state index in [2.05, 4.69) is 12.2 Å². The number of rotatable bonds is 3. The van der Waals surface area contributed by atoms with E-state index >= 15 is 0 Å². The Morgan fingerprint density at radius 3 is 2.09 bits per heavy atom. The first kappa shape index (κ1) is 10.8. The maximum atomic E-state index is 10.7. The normalized spacial score (nSPS) is 14.9. The van der Waals surface area contributed by atoms with Crippen molar-refractivity contribution in [3.05, 3.63) is 0 Å². The molecule has 0 aliphatic heterocycles. The van der Waals surface area contributed by atoms with Crippen LogP contribution in [0.25, 0.3) is 0 Å². The van der Waals surface area contributed by atoms with Crippen LogP contribution >= 0.6 is 12.2 Å². The standard InChI is InChI=1S/C4H11N3O2S2/c1-3(4(5)10)7(2)11(6,8)9/h3H,1-2H3,(H2,5,10)(H2,6,8,9). The molecule has 66 valence electrons.